The molecule has 0 atom stereocenters. The molecule has 4 aromatic carbocycles. The Hall–Kier alpha value is -0.730. The van der Waals surface area contributed by atoms with Gasteiger partial charge in [0.1, 0.15) is 0 Å². The Morgan fingerprint density at radius 3 is 0.614 bits per heavy atom. The number of fused-ring (bicyclic) bond motifs is 4. The van der Waals surface area contributed by atoms with E-state index < -0.39 is 0 Å². The minimum absolute atomic E-state index is 0. The van der Waals surface area contributed by atoms with Crippen LogP contribution in [-0.2, 0) is 21.7 Å². The molecule has 0 aliphatic heterocycles. The van der Waals surface area contributed by atoms with Crippen molar-refractivity contribution in [1.82, 2.24) is 0 Å². The summed E-state index contributed by atoms with van der Waals surface area (Å²) in [6.07, 6.45) is 0. The van der Waals surface area contributed by atoms with Crippen LogP contribution >= 0.6 is 0 Å². The third kappa shape index (κ3) is 8.03. The van der Waals surface area contributed by atoms with E-state index >= 15 is 0 Å². The third-order valence-electron chi connectivity index (χ3n) is 8.31. The SMILES string of the molecule is CC(C)(C)c1c[c-]c2/c(c1)=c1\cc(C(C)(C)C)c[c-]\c1=c1/[c-]cc(C(C)(C)C)c/c1=c1/cc(C(C)(C)C)c[c-]/c1=2.[Li+].[Li+].[Li+].[Li+]. The summed E-state index contributed by atoms with van der Waals surface area (Å²) in [5, 5.41) is 9.22. The van der Waals surface area contributed by atoms with Crippen LogP contribution in [0.4, 0.5) is 0 Å². The van der Waals surface area contributed by atoms with Gasteiger partial charge in [-0.05, 0) is 21.7 Å². The molecule has 1 aliphatic rings. The van der Waals surface area contributed by atoms with Crippen molar-refractivity contribution in [3.8, 4) is 0 Å². The van der Waals surface area contributed by atoms with E-state index in [9.17, 15) is 0 Å². The van der Waals surface area contributed by atoms with Crippen LogP contribution in [0.25, 0.3) is 0 Å². The zero-order chi connectivity index (χ0) is 29.4. The summed E-state index contributed by atoms with van der Waals surface area (Å²) in [6, 6.07) is 33.3. The first kappa shape index (κ1) is 41.3. The van der Waals surface area contributed by atoms with Gasteiger partial charge in [-0.15, -0.1) is 22.3 Å². The van der Waals surface area contributed by atoms with E-state index in [1.165, 1.54) is 43.1 Å². The summed E-state index contributed by atoms with van der Waals surface area (Å²) in [5.74, 6) is 0. The Balaban J connectivity index is 0.00000242. The van der Waals surface area contributed by atoms with Gasteiger partial charge in [0.25, 0.3) is 0 Å². The summed E-state index contributed by atoms with van der Waals surface area (Å²) in [6.45, 7) is 27.3. The molecule has 0 saturated carbocycles. The Kier molecular flexibility index (Phi) is 13.3. The molecular formula is C40H44Li4. The fourth-order valence-corrected chi connectivity index (χ4v) is 5.40. The first-order valence-electron chi connectivity index (χ1n) is 14.6. The van der Waals surface area contributed by atoms with Gasteiger partial charge in [0, 0.05) is 0 Å². The molecule has 0 fully saturated rings. The van der Waals surface area contributed by atoms with Gasteiger partial charge in [0.05, 0.1) is 0 Å². The van der Waals surface area contributed by atoms with Crippen molar-refractivity contribution in [2.24, 2.45) is 0 Å². The third-order valence-corrected chi connectivity index (χ3v) is 8.31. The smallest absolute Gasteiger partial charge is 0.229 e. The molecule has 4 heteroatoms. The zero-order valence-corrected chi connectivity index (χ0v) is 30.6. The molecular weight excluding hydrogens is 508 g/mol. The number of benzene rings is 4. The van der Waals surface area contributed by atoms with E-state index in [1.54, 1.807) is 0 Å². The van der Waals surface area contributed by atoms with Crippen LogP contribution in [0.3, 0.4) is 0 Å². The van der Waals surface area contributed by atoms with Crippen LogP contribution in [0, 0.1) is 66.0 Å². The fourth-order valence-electron chi connectivity index (χ4n) is 5.40. The van der Waals surface area contributed by atoms with Gasteiger partial charge in [-0.3, -0.25) is 0 Å². The van der Waals surface area contributed by atoms with Crippen molar-refractivity contribution in [2.45, 2.75) is 105 Å². The summed E-state index contributed by atoms with van der Waals surface area (Å²) in [4.78, 5) is 0. The predicted octanol–water partition coefficient (Wildman–Crippen LogP) is -2.45. The molecule has 0 aromatic heterocycles. The zero-order valence-electron chi connectivity index (χ0n) is 30.6. The summed E-state index contributed by atoms with van der Waals surface area (Å²) in [5.41, 5.74) is 5.14. The molecule has 0 spiro atoms. The van der Waals surface area contributed by atoms with Gasteiger partial charge in [-0.1, -0.05) is 83.1 Å². The quantitative estimate of drug-likeness (QED) is 0.148. The van der Waals surface area contributed by atoms with Crippen molar-refractivity contribution in [2.75, 3.05) is 0 Å². The van der Waals surface area contributed by atoms with Gasteiger partial charge in [0.15, 0.2) is 0 Å². The minimum atomic E-state index is 0. The predicted molar refractivity (Wildman–Crippen MR) is 167 cm³/mol. The largest absolute Gasteiger partial charge is 1.00 e. The Morgan fingerprint density at radius 2 is 0.477 bits per heavy atom. The summed E-state index contributed by atoms with van der Waals surface area (Å²) in [7, 11) is 0. The van der Waals surface area contributed by atoms with Crippen molar-refractivity contribution < 1.29 is 75.4 Å². The maximum absolute atomic E-state index is 3.77. The number of hydrogen-bond donors (Lipinski definition) is 0. The van der Waals surface area contributed by atoms with Crippen LogP contribution in [0.5, 0.6) is 0 Å². The summed E-state index contributed by atoms with van der Waals surface area (Å²) >= 11 is 0. The molecule has 208 valence electrons. The molecule has 0 amide bonds. The average molecular weight is 553 g/mol. The molecule has 1 aliphatic carbocycles. The number of hydrogen-bond acceptors (Lipinski definition) is 0. The molecule has 44 heavy (non-hydrogen) atoms. The summed E-state index contributed by atoms with van der Waals surface area (Å²) < 4.78 is 0. The monoisotopic (exact) mass is 552 g/mol. The number of rotatable bonds is 0. The molecule has 4 aromatic rings. The second-order valence-corrected chi connectivity index (χ2v) is 15.7. The molecule has 5 rings (SSSR count). The van der Waals surface area contributed by atoms with E-state index in [0.717, 1.165) is 20.9 Å². The van der Waals surface area contributed by atoms with E-state index in [4.69, 9.17) is 0 Å². The van der Waals surface area contributed by atoms with Crippen molar-refractivity contribution in [3.63, 3.8) is 0 Å². The Labute approximate surface area is 314 Å². The van der Waals surface area contributed by atoms with Gasteiger partial charge in [0.2, 0.25) is 0 Å². The van der Waals surface area contributed by atoms with Gasteiger partial charge in [-0.2, -0.15) is 93.7 Å². The van der Waals surface area contributed by atoms with Crippen LogP contribution < -0.4 is 75.4 Å². The molecule has 0 bridgehead atoms. The minimum Gasteiger partial charge on any atom is -0.229 e. The van der Waals surface area contributed by atoms with Crippen LogP contribution in [-0.4, -0.2) is 0 Å². The average Bonchev–Trinajstić information content (AvgIpc) is 2.84. The molecule has 0 radical (unpaired) electrons. The van der Waals surface area contributed by atoms with Gasteiger partial charge >= 0.3 is 75.4 Å². The van der Waals surface area contributed by atoms with Crippen molar-refractivity contribution >= 4 is 0 Å². The molecule has 0 unspecified atom stereocenters. The second-order valence-electron chi connectivity index (χ2n) is 15.7. The standard InChI is InChI=1S/C40H44.4Li/c1-37(2,3)25-13-17-29-30-18-14-27(39(7,8)9)23-35(30)36-24-28(40(10,11)12)16-20-32(36)31-19-15-26(38(4,5)6)22-34(31)33(29)21-25;;;;/h13-16,21-24H,1-12H3;;;;/q-4;4*+1/b30-29-,32-31-,34-33+,36-35+;;;;. The van der Waals surface area contributed by atoms with Crippen LogP contribution in [0.15, 0.2) is 48.5 Å². The second kappa shape index (κ2) is 14.2. The molecule has 0 saturated heterocycles. The maximum atomic E-state index is 3.77. The first-order valence-corrected chi connectivity index (χ1v) is 14.6. The van der Waals surface area contributed by atoms with E-state index in [-0.39, 0.29) is 97.1 Å². The van der Waals surface area contributed by atoms with Gasteiger partial charge in [-0.25, -0.2) is 20.9 Å². The Bertz CT molecular complexity index is 1740. The van der Waals surface area contributed by atoms with Gasteiger partial charge < -0.3 is 0 Å². The first-order chi connectivity index (χ1) is 18.4. The Morgan fingerprint density at radius 1 is 0.318 bits per heavy atom. The molecule has 0 nitrogen and oxygen atoms in total. The fraction of sp³-hybridized carbons (Fsp3) is 0.400. The van der Waals surface area contributed by atoms with Crippen molar-refractivity contribution in [1.29, 1.82) is 0 Å². The normalized spacial score (nSPS) is 15.5. The van der Waals surface area contributed by atoms with E-state index in [1.807, 2.05) is 0 Å². The molecule has 0 N–H and O–H groups in total. The van der Waals surface area contributed by atoms with Crippen LogP contribution in [0.1, 0.15) is 105 Å². The van der Waals surface area contributed by atoms with E-state index in [2.05, 4.69) is 156 Å². The van der Waals surface area contributed by atoms with Crippen molar-refractivity contribution in [3.05, 3.63) is 137 Å². The van der Waals surface area contributed by atoms with E-state index in [0.29, 0.717) is 0 Å². The molecule has 0 heterocycles. The van der Waals surface area contributed by atoms with Crippen LogP contribution in [0.2, 0.25) is 0 Å². The maximum Gasteiger partial charge on any atom is 1.00 e. The topological polar surface area (TPSA) is 0 Å².